The van der Waals surface area contributed by atoms with E-state index in [0.29, 0.717) is 72.5 Å². The van der Waals surface area contributed by atoms with Crippen molar-refractivity contribution in [1.29, 1.82) is 0 Å². The first-order chi connectivity index (χ1) is 27.2. The van der Waals surface area contributed by atoms with Crippen molar-refractivity contribution in [3.63, 3.8) is 0 Å². The fraction of sp³-hybridized carbons (Fsp3) is 0.444. The van der Waals surface area contributed by atoms with Gasteiger partial charge in [0.15, 0.2) is 11.5 Å². The molecule has 304 valence electrons. The number of hydrogen-bond donors (Lipinski definition) is 8. The highest BCUT2D eigenvalue weighted by molar-refractivity contribution is 7.74. The highest BCUT2D eigenvalue weighted by Crippen LogP contribution is 2.31. The summed E-state index contributed by atoms with van der Waals surface area (Å²) in [7, 11) is 0. The van der Waals surface area contributed by atoms with Crippen molar-refractivity contribution < 1.29 is 25.9 Å². The molecule has 0 aliphatic heterocycles. The minimum Gasteiger partial charge on any atom is -0.379 e. The van der Waals surface area contributed by atoms with Crippen molar-refractivity contribution in [2.75, 3.05) is 58.1 Å². The summed E-state index contributed by atoms with van der Waals surface area (Å²) in [5.41, 5.74) is 1.81. The molecule has 2 unspecified atom stereocenters. The lowest BCUT2D eigenvalue weighted by Gasteiger charge is -2.13. The Hall–Kier alpha value is -5.18. The Bertz CT molecular complexity index is 1730. The fourth-order valence-corrected chi connectivity index (χ4v) is 5.52. The average Bonchev–Trinajstić information content (AvgIpc) is 3.15. The number of hydrogen-bond acceptors (Lipinski definition) is 16. The smallest absolute Gasteiger partial charge is 0.357 e. The molecule has 0 bridgehead atoms. The Morgan fingerprint density at radius 1 is 0.518 bits per heavy atom. The first-order valence-electron chi connectivity index (χ1n) is 18.8. The molecule has 20 heteroatoms. The molecule has 0 fully saturated rings. The maximum atomic E-state index is 11.8. The van der Waals surface area contributed by atoms with Crippen LogP contribution in [0.3, 0.4) is 0 Å². The molecule has 18 nitrogen and oxygen atoms in total. The number of anilines is 8. The standard InChI is InChI=1S/C36H52N12O6S2/c1-5-9-19-37-31-43-32(38-20-10-6-2)46-35(45-31)41-27-17-15-25(29(23-27)53-55(49)50)13-14-26-16-18-28(24-30(26)54-56(51)52)42-36-47-33(39-21-11-7-3)44-34(48-36)40-22-12-8-4/h13-18,23-24H,5-12,19-22H2,1-4H3,(H,49,50)(H,51,52)(H3,37,38,41,43,45,46)(H3,39,40,42,44,47,48)/b14-13+. The zero-order chi connectivity index (χ0) is 40.1. The van der Waals surface area contributed by atoms with Gasteiger partial charge in [-0.25, -0.2) is 0 Å². The second-order valence-corrected chi connectivity index (χ2v) is 13.6. The molecule has 0 radical (unpaired) electrons. The van der Waals surface area contributed by atoms with E-state index in [2.05, 4.69) is 89.5 Å². The predicted molar refractivity (Wildman–Crippen MR) is 224 cm³/mol. The van der Waals surface area contributed by atoms with Crippen molar-refractivity contribution >= 4 is 81.9 Å². The summed E-state index contributed by atoms with van der Waals surface area (Å²) in [6.07, 6.45) is 11.1. The van der Waals surface area contributed by atoms with E-state index in [9.17, 15) is 17.5 Å². The summed E-state index contributed by atoms with van der Waals surface area (Å²) in [4.78, 5) is 26.9. The lowest BCUT2D eigenvalue weighted by Crippen LogP contribution is -2.12. The van der Waals surface area contributed by atoms with Gasteiger partial charge >= 0.3 is 22.7 Å². The van der Waals surface area contributed by atoms with E-state index in [1.807, 2.05) is 0 Å². The lowest BCUT2D eigenvalue weighted by atomic mass is 10.1. The summed E-state index contributed by atoms with van der Waals surface area (Å²) in [5, 5.41) is 19.2. The van der Waals surface area contributed by atoms with E-state index in [1.165, 1.54) is 12.1 Å². The molecule has 0 aliphatic carbocycles. The lowest BCUT2D eigenvalue weighted by molar-refractivity contribution is 0.456. The van der Waals surface area contributed by atoms with Crippen molar-refractivity contribution in [2.24, 2.45) is 0 Å². The molecule has 0 saturated carbocycles. The SMILES string of the molecule is CCCCNc1nc(NCCCC)nc(Nc2ccc(/C=C/c3ccc(Nc4nc(NCCCC)nc(NCCCC)n4)cc3OS(=O)O)c(OS(=O)O)c2)n1. The van der Waals surface area contributed by atoms with Crippen LogP contribution in [0.4, 0.5) is 47.1 Å². The molecule has 0 spiro atoms. The molecule has 4 aromatic rings. The quantitative estimate of drug-likeness (QED) is 0.0173. The summed E-state index contributed by atoms with van der Waals surface area (Å²) >= 11 is -5.29. The van der Waals surface area contributed by atoms with Crippen LogP contribution >= 0.6 is 0 Å². The van der Waals surface area contributed by atoms with Crippen molar-refractivity contribution in [3.8, 4) is 11.5 Å². The van der Waals surface area contributed by atoms with Crippen molar-refractivity contribution in [3.05, 3.63) is 47.5 Å². The van der Waals surface area contributed by atoms with Crippen LogP contribution in [0.2, 0.25) is 0 Å². The maximum Gasteiger partial charge on any atom is 0.357 e. The molecule has 2 aromatic carbocycles. The Kier molecular flexibility index (Phi) is 18.4. The molecule has 8 N–H and O–H groups in total. The van der Waals surface area contributed by atoms with Gasteiger partial charge in [-0.3, -0.25) is 9.11 Å². The Morgan fingerprint density at radius 2 is 0.821 bits per heavy atom. The molecular weight excluding hydrogens is 761 g/mol. The summed E-state index contributed by atoms with van der Waals surface area (Å²) in [6, 6.07) is 9.86. The number of aromatic nitrogens is 6. The minimum absolute atomic E-state index is 0.0664. The molecule has 0 amide bonds. The monoisotopic (exact) mass is 812 g/mol. The summed E-state index contributed by atoms with van der Waals surface area (Å²) in [6.45, 7) is 11.2. The molecule has 0 aliphatic rings. The van der Waals surface area contributed by atoms with Gasteiger partial charge in [0.25, 0.3) is 0 Å². The first-order valence-corrected chi connectivity index (χ1v) is 20.8. The van der Waals surface area contributed by atoms with Crippen LogP contribution in [-0.2, 0) is 22.7 Å². The van der Waals surface area contributed by atoms with Crippen LogP contribution in [0.1, 0.15) is 90.2 Å². The topological polar surface area (TPSA) is 243 Å². The number of nitrogens with one attached hydrogen (secondary N) is 6. The van der Waals surface area contributed by atoms with Gasteiger partial charge in [-0.15, -0.1) is 0 Å². The van der Waals surface area contributed by atoms with E-state index < -0.39 is 22.7 Å². The van der Waals surface area contributed by atoms with E-state index in [-0.39, 0.29) is 23.4 Å². The number of rotatable bonds is 26. The zero-order valence-corrected chi connectivity index (χ0v) is 33.8. The molecule has 56 heavy (non-hydrogen) atoms. The number of unbranched alkanes of at least 4 members (excludes halogenated alkanes) is 4. The highest BCUT2D eigenvalue weighted by atomic mass is 32.2. The third-order valence-electron chi connectivity index (χ3n) is 7.83. The number of nitrogens with zero attached hydrogens (tertiary/aromatic N) is 6. The molecule has 4 rings (SSSR count). The molecular formula is C36H52N12O6S2. The van der Waals surface area contributed by atoms with Gasteiger partial charge in [0.05, 0.1) is 0 Å². The van der Waals surface area contributed by atoms with Crippen LogP contribution in [-0.4, -0.2) is 73.6 Å². The fourth-order valence-electron chi connectivity index (χ4n) is 4.92. The van der Waals surface area contributed by atoms with Crippen LogP contribution in [0, 0.1) is 0 Å². The summed E-state index contributed by atoms with van der Waals surface area (Å²) < 4.78 is 53.5. The van der Waals surface area contributed by atoms with Gasteiger partial charge in [0, 0.05) is 60.8 Å². The predicted octanol–water partition coefficient (Wildman–Crippen LogP) is 7.59. The van der Waals surface area contributed by atoms with Gasteiger partial charge in [0.2, 0.25) is 35.7 Å². The average molecular weight is 813 g/mol. The van der Waals surface area contributed by atoms with Gasteiger partial charge < -0.3 is 40.3 Å². The van der Waals surface area contributed by atoms with E-state index >= 15 is 0 Å². The van der Waals surface area contributed by atoms with Gasteiger partial charge in [-0.05, 0) is 49.9 Å². The van der Waals surface area contributed by atoms with E-state index in [4.69, 9.17) is 8.37 Å². The van der Waals surface area contributed by atoms with Crippen LogP contribution < -0.4 is 40.3 Å². The Balaban J connectivity index is 1.59. The van der Waals surface area contributed by atoms with Crippen molar-refractivity contribution in [1.82, 2.24) is 29.9 Å². The van der Waals surface area contributed by atoms with Gasteiger partial charge in [-0.2, -0.15) is 38.3 Å². The van der Waals surface area contributed by atoms with Crippen LogP contribution in [0.15, 0.2) is 36.4 Å². The van der Waals surface area contributed by atoms with E-state index in [1.54, 1.807) is 36.4 Å². The Labute approximate surface area is 332 Å². The first kappa shape index (κ1) is 43.5. The van der Waals surface area contributed by atoms with Gasteiger partial charge in [0.1, 0.15) is 0 Å². The normalized spacial score (nSPS) is 12.2. The van der Waals surface area contributed by atoms with Crippen molar-refractivity contribution in [2.45, 2.75) is 79.1 Å². The Morgan fingerprint density at radius 3 is 1.11 bits per heavy atom. The minimum atomic E-state index is -2.64. The highest BCUT2D eigenvalue weighted by Gasteiger charge is 2.14. The van der Waals surface area contributed by atoms with Gasteiger partial charge in [-0.1, -0.05) is 65.5 Å². The molecule has 2 aromatic heterocycles. The third kappa shape index (κ3) is 15.2. The molecule has 2 atom stereocenters. The zero-order valence-electron chi connectivity index (χ0n) is 32.1. The largest absolute Gasteiger partial charge is 0.379 e. The second kappa shape index (κ2) is 23.7. The van der Waals surface area contributed by atoms with E-state index in [0.717, 1.165) is 51.4 Å². The van der Waals surface area contributed by atoms with Crippen LogP contribution in [0.5, 0.6) is 11.5 Å². The molecule has 0 saturated heterocycles. The third-order valence-corrected chi connectivity index (χ3v) is 8.47. The molecule has 2 heterocycles. The second-order valence-electron chi connectivity index (χ2n) is 12.4. The van der Waals surface area contributed by atoms with Crippen LogP contribution in [0.25, 0.3) is 12.2 Å². The summed E-state index contributed by atoms with van der Waals surface area (Å²) in [5.74, 6) is 2.29. The maximum absolute atomic E-state index is 11.8. The number of benzene rings is 2.